The molecule has 0 radical (unpaired) electrons. The van der Waals surface area contributed by atoms with Gasteiger partial charge in [0.1, 0.15) is 6.61 Å². The number of aliphatic carboxylic acids is 1. The quantitative estimate of drug-likeness (QED) is 0.913. The summed E-state index contributed by atoms with van der Waals surface area (Å²) in [5.41, 5.74) is 1.75. The van der Waals surface area contributed by atoms with Crippen molar-refractivity contribution in [2.75, 3.05) is 13.1 Å². The van der Waals surface area contributed by atoms with Gasteiger partial charge in [0, 0.05) is 25.4 Å². The maximum absolute atomic E-state index is 12.1. The molecule has 24 heavy (non-hydrogen) atoms. The van der Waals surface area contributed by atoms with Gasteiger partial charge in [-0.1, -0.05) is 35.5 Å². The van der Waals surface area contributed by atoms with Crippen LogP contribution >= 0.6 is 0 Å². The molecule has 128 valence electrons. The number of amides is 1. The minimum atomic E-state index is -0.990. The number of piperidine rings is 1. The molecule has 2 aliphatic heterocycles. The number of ether oxygens (including phenoxy) is 1. The maximum Gasteiger partial charge on any atom is 0.410 e. The van der Waals surface area contributed by atoms with Gasteiger partial charge < -0.3 is 19.6 Å². The highest BCUT2D eigenvalue weighted by molar-refractivity contribution is 5.92. The number of benzene rings is 1. The van der Waals surface area contributed by atoms with Crippen molar-refractivity contribution in [3.8, 4) is 0 Å². The molecule has 7 nitrogen and oxygen atoms in total. The Morgan fingerprint density at radius 2 is 1.96 bits per heavy atom. The van der Waals surface area contributed by atoms with Crippen LogP contribution < -0.4 is 0 Å². The third-order valence-corrected chi connectivity index (χ3v) is 4.40. The monoisotopic (exact) mass is 332 g/mol. The van der Waals surface area contributed by atoms with E-state index in [2.05, 4.69) is 5.16 Å². The zero-order valence-electron chi connectivity index (χ0n) is 13.3. The lowest BCUT2D eigenvalue weighted by molar-refractivity contribution is -0.148. The molecular formula is C17H20N2O5. The smallest absolute Gasteiger partial charge is 0.410 e. The molecule has 1 fully saturated rings. The molecule has 0 spiro atoms. The van der Waals surface area contributed by atoms with Crippen molar-refractivity contribution in [3.05, 3.63) is 35.9 Å². The molecule has 1 aromatic rings. The molecule has 0 aromatic heterocycles. The summed E-state index contributed by atoms with van der Waals surface area (Å²) < 4.78 is 5.33. The molecule has 1 saturated heterocycles. The Balaban J connectivity index is 1.43. The number of oxime groups is 1. The molecular weight excluding hydrogens is 312 g/mol. The average molecular weight is 332 g/mol. The summed E-state index contributed by atoms with van der Waals surface area (Å²) >= 11 is 0. The van der Waals surface area contributed by atoms with E-state index in [0.29, 0.717) is 19.5 Å². The van der Waals surface area contributed by atoms with E-state index in [1.807, 2.05) is 30.3 Å². The van der Waals surface area contributed by atoms with Crippen LogP contribution in [0.1, 0.15) is 24.8 Å². The summed E-state index contributed by atoms with van der Waals surface area (Å²) in [4.78, 5) is 29.6. The minimum absolute atomic E-state index is 0.174. The lowest BCUT2D eigenvalue weighted by atomic mass is 9.89. The van der Waals surface area contributed by atoms with E-state index >= 15 is 0 Å². The van der Waals surface area contributed by atoms with E-state index in [1.54, 1.807) is 4.90 Å². The summed E-state index contributed by atoms with van der Waals surface area (Å²) in [5, 5.41) is 12.8. The largest absolute Gasteiger partial charge is 0.478 e. The van der Waals surface area contributed by atoms with E-state index < -0.39 is 12.1 Å². The van der Waals surface area contributed by atoms with Crippen LogP contribution in [0.15, 0.2) is 35.5 Å². The predicted octanol–water partition coefficient (Wildman–Crippen LogP) is 2.26. The number of nitrogens with zero attached hydrogens (tertiary/aromatic N) is 2. The number of carbonyl (C=O) groups excluding carboxylic acids is 1. The summed E-state index contributed by atoms with van der Waals surface area (Å²) in [5.74, 6) is -0.816. The standard InChI is InChI=1S/C17H20N2O5/c20-16(21)15-10-14(18-24-15)13-6-8-19(9-7-13)17(22)23-11-12-4-2-1-3-5-12/h1-5,13,15H,6-11H2,(H,20,21). The second-order valence-corrected chi connectivity index (χ2v) is 6.02. The van der Waals surface area contributed by atoms with Gasteiger partial charge >= 0.3 is 12.1 Å². The summed E-state index contributed by atoms with van der Waals surface area (Å²) in [6.07, 6.45) is 0.641. The Labute approximate surface area is 139 Å². The van der Waals surface area contributed by atoms with E-state index in [0.717, 1.165) is 24.1 Å². The zero-order chi connectivity index (χ0) is 16.9. The molecule has 1 amide bonds. The molecule has 0 aliphatic carbocycles. The Kier molecular flexibility index (Phi) is 4.98. The van der Waals surface area contributed by atoms with Crippen LogP contribution in [0.5, 0.6) is 0 Å². The van der Waals surface area contributed by atoms with E-state index in [-0.39, 0.29) is 18.6 Å². The van der Waals surface area contributed by atoms with Crippen LogP contribution in [0, 0.1) is 5.92 Å². The number of carboxylic acid groups (broad SMARTS) is 1. The molecule has 0 saturated carbocycles. The third kappa shape index (κ3) is 3.84. The summed E-state index contributed by atoms with van der Waals surface area (Å²) in [6.45, 7) is 1.42. The number of carbonyl (C=O) groups is 2. The minimum Gasteiger partial charge on any atom is -0.478 e. The molecule has 1 aromatic carbocycles. The first kappa shape index (κ1) is 16.3. The van der Waals surface area contributed by atoms with Crippen LogP contribution in [0.25, 0.3) is 0 Å². The fourth-order valence-corrected chi connectivity index (χ4v) is 2.98. The predicted molar refractivity (Wildman–Crippen MR) is 85.5 cm³/mol. The first-order chi connectivity index (χ1) is 11.6. The molecule has 2 heterocycles. The van der Waals surface area contributed by atoms with Gasteiger partial charge in [0.05, 0.1) is 5.71 Å². The van der Waals surface area contributed by atoms with Gasteiger partial charge in [0.2, 0.25) is 6.10 Å². The third-order valence-electron chi connectivity index (χ3n) is 4.40. The number of likely N-dealkylation sites (tertiary alicyclic amines) is 1. The molecule has 1 N–H and O–H groups in total. The highest BCUT2D eigenvalue weighted by Crippen LogP contribution is 2.25. The molecule has 7 heteroatoms. The first-order valence-corrected chi connectivity index (χ1v) is 8.04. The second kappa shape index (κ2) is 7.33. The molecule has 0 bridgehead atoms. The van der Waals surface area contributed by atoms with Crippen molar-refractivity contribution in [1.82, 2.24) is 4.90 Å². The summed E-state index contributed by atoms with van der Waals surface area (Å²) in [7, 11) is 0. The maximum atomic E-state index is 12.1. The van der Waals surface area contributed by atoms with Crippen molar-refractivity contribution in [1.29, 1.82) is 0 Å². The summed E-state index contributed by atoms with van der Waals surface area (Å²) in [6, 6.07) is 9.56. The van der Waals surface area contributed by atoms with Crippen molar-refractivity contribution in [2.24, 2.45) is 11.1 Å². The Bertz CT molecular complexity index is 623. The highest BCUT2D eigenvalue weighted by atomic mass is 16.7. The van der Waals surface area contributed by atoms with Gasteiger partial charge in [-0.25, -0.2) is 9.59 Å². The van der Waals surface area contributed by atoms with Crippen LogP contribution in [0.3, 0.4) is 0 Å². The van der Waals surface area contributed by atoms with Gasteiger partial charge in [-0.2, -0.15) is 0 Å². The van der Waals surface area contributed by atoms with Crippen molar-refractivity contribution in [3.63, 3.8) is 0 Å². The normalized spacial score (nSPS) is 21.1. The van der Waals surface area contributed by atoms with Crippen LogP contribution in [0.4, 0.5) is 4.79 Å². The second-order valence-electron chi connectivity index (χ2n) is 6.02. The fourth-order valence-electron chi connectivity index (χ4n) is 2.98. The van der Waals surface area contributed by atoms with E-state index in [9.17, 15) is 9.59 Å². The van der Waals surface area contributed by atoms with Gasteiger partial charge in [-0.3, -0.25) is 0 Å². The van der Waals surface area contributed by atoms with Crippen LogP contribution in [-0.2, 0) is 21.0 Å². The fraction of sp³-hybridized carbons (Fsp3) is 0.471. The Morgan fingerprint density at radius 1 is 1.25 bits per heavy atom. The lowest BCUT2D eigenvalue weighted by Crippen LogP contribution is -2.40. The first-order valence-electron chi connectivity index (χ1n) is 8.04. The SMILES string of the molecule is O=C(O)C1CC(C2CCN(C(=O)OCc3ccccc3)CC2)=NO1. The molecule has 3 rings (SSSR count). The van der Waals surface area contributed by atoms with E-state index in [4.69, 9.17) is 14.7 Å². The Hall–Kier alpha value is -2.57. The number of carboxylic acids is 1. The van der Waals surface area contributed by atoms with Gasteiger partial charge in [0.15, 0.2) is 0 Å². The van der Waals surface area contributed by atoms with Crippen molar-refractivity contribution in [2.45, 2.75) is 32.0 Å². The number of hydrogen-bond donors (Lipinski definition) is 1. The van der Waals surface area contributed by atoms with Crippen molar-refractivity contribution >= 4 is 17.8 Å². The lowest BCUT2D eigenvalue weighted by Gasteiger charge is -2.31. The highest BCUT2D eigenvalue weighted by Gasteiger charge is 2.34. The van der Waals surface area contributed by atoms with Gasteiger partial charge in [-0.15, -0.1) is 0 Å². The van der Waals surface area contributed by atoms with Gasteiger partial charge in [-0.05, 0) is 18.4 Å². The number of rotatable bonds is 4. The number of hydrogen-bond acceptors (Lipinski definition) is 5. The Morgan fingerprint density at radius 3 is 2.58 bits per heavy atom. The molecule has 1 atom stereocenters. The topological polar surface area (TPSA) is 88.4 Å². The van der Waals surface area contributed by atoms with E-state index in [1.165, 1.54) is 0 Å². The molecule has 1 unspecified atom stereocenters. The average Bonchev–Trinajstić information content (AvgIpc) is 3.11. The van der Waals surface area contributed by atoms with Crippen LogP contribution in [0.2, 0.25) is 0 Å². The van der Waals surface area contributed by atoms with Crippen molar-refractivity contribution < 1.29 is 24.3 Å². The molecule has 2 aliphatic rings. The zero-order valence-corrected chi connectivity index (χ0v) is 13.3. The van der Waals surface area contributed by atoms with Crippen LogP contribution in [-0.4, -0.2) is 47.0 Å². The van der Waals surface area contributed by atoms with Gasteiger partial charge in [0.25, 0.3) is 0 Å².